The molecule has 2 aromatic rings. The van der Waals surface area contributed by atoms with Crippen LogP contribution < -0.4 is 4.74 Å². The summed E-state index contributed by atoms with van der Waals surface area (Å²) in [7, 11) is 1.40. The molecule has 1 N–H and O–H groups in total. The normalized spacial score (nSPS) is 16.9. The van der Waals surface area contributed by atoms with Crippen molar-refractivity contribution in [2.24, 2.45) is 0 Å². The smallest absolute Gasteiger partial charge is 0.348 e. The highest BCUT2D eigenvalue weighted by Gasteiger charge is 2.34. The number of phenolic OH excluding ortho intramolecular Hbond substituents is 1. The summed E-state index contributed by atoms with van der Waals surface area (Å²) in [5, 5.41) is 9.73. The molecule has 0 aliphatic carbocycles. The third kappa shape index (κ3) is 3.51. The molecule has 0 bridgehead atoms. The van der Waals surface area contributed by atoms with Gasteiger partial charge in [0.1, 0.15) is 5.57 Å². The monoisotopic (exact) mass is 404 g/mol. The molecule has 0 spiro atoms. The summed E-state index contributed by atoms with van der Waals surface area (Å²) in [4.78, 5) is 24.5. The minimum absolute atomic E-state index is 0.0746. The fourth-order valence-corrected chi connectivity index (χ4v) is 2.73. The van der Waals surface area contributed by atoms with E-state index in [4.69, 9.17) is 14.2 Å². The molecule has 0 atom stereocenters. The quantitative estimate of drug-likeness (QED) is 0.479. The summed E-state index contributed by atoms with van der Waals surface area (Å²) in [5.41, 5.74) is 0.771. The molecule has 7 heteroatoms. The molecule has 1 aliphatic heterocycles. The van der Waals surface area contributed by atoms with Crippen molar-refractivity contribution in [3.05, 3.63) is 63.6 Å². The van der Waals surface area contributed by atoms with Gasteiger partial charge in [-0.2, -0.15) is 0 Å². The molecule has 1 aliphatic rings. The van der Waals surface area contributed by atoms with Crippen molar-refractivity contribution in [2.45, 2.75) is 6.29 Å². The molecule has 0 saturated carbocycles. The van der Waals surface area contributed by atoms with E-state index in [0.717, 1.165) is 0 Å². The van der Waals surface area contributed by atoms with E-state index in [1.165, 1.54) is 25.3 Å². The van der Waals surface area contributed by atoms with Gasteiger partial charge in [-0.25, -0.2) is 9.59 Å². The number of phenols is 1. The maximum atomic E-state index is 12.2. The van der Waals surface area contributed by atoms with Crippen LogP contribution in [0.25, 0.3) is 6.08 Å². The Hall–Kier alpha value is -2.80. The van der Waals surface area contributed by atoms with Crippen molar-refractivity contribution in [2.75, 3.05) is 7.11 Å². The summed E-state index contributed by atoms with van der Waals surface area (Å²) in [6.45, 7) is 0. The first-order chi connectivity index (χ1) is 12.0. The first kappa shape index (κ1) is 17.0. The molecule has 2 aromatic carbocycles. The van der Waals surface area contributed by atoms with Gasteiger partial charge in [-0.3, -0.25) is 0 Å². The second kappa shape index (κ2) is 6.98. The Labute approximate surface area is 151 Å². The first-order valence-corrected chi connectivity index (χ1v) is 8.04. The average Bonchev–Trinajstić information content (AvgIpc) is 2.60. The molecular weight excluding hydrogens is 392 g/mol. The number of hydrogen-bond acceptors (Lipinski definition) is 6. The van der Waals surface area contributed by atoms with Crippen LogP contribution in [-0.2, 0) is 19.1 Å². The largest absolute Gasteiger partial charge is 0.504 e. The number of methoxy groups -OCH3 is 1. The summed E-state index contributed by atoms with van der Waals surface area (Å²) >= 11 is 3.26. The van der Waals surface area contributed by atoms with E-state index >= 15 is 0 Å². The second-order valence-electron chi connectivity index (χ2n) is 5.16. The van der Waals surface area contributed by atoms with Crippen molar-refractivity contribution < 1.29 is 28.9 Å². The Morgan fingerprint density at radius 1 is 1.12 bits per heavy atom. The number of carbonyl (C=O) groups excluding carboxylic acids is 2. The van der Waals surface area contributed by atoms with Gasteiger partial charge in [0.05, 0.1) is 7.11 Å². The van der Waals surface area contributed by atoms with Crippen LogP contribution in [0.2, 0.25) is 0 Å². The number of hydrogen-bond donors (Lipinski definition) is 1. The highest BCUT2D eigenvalue weighted by molar-refractivity contribution is 9.10. The summed E-state index contributed by atoms with van der Waals surface area (Å²) in [6.07, 6.45) is 0.244. The number of esters is 2. The molecular formula is C18H13BrO6. The van der Waals surface area contributed by atoms with E-state index in [9.17, 15) is 14.7 Å². The van der Waals surface area contributed by atoms with Crippen molar-refractivity contribution in [3.63, 3.8) is 0 Å². The third-order valence-corrected chi connectivity index (χ3v) is 4.22. The number of aromatic hydroxyl groups is 1. The molecule has 0 amide bonds. The van der Waals surface area contributed by atoms with E-state index < -0.39 is 18.2 Å². The molecule has 6 nitrogen and oxygen atoms in total. The van der Waals surface area contributed by atoms with Crippen LogP contribution in [0.5, 0.6) is 11.5 Å². The summed E-state index contributed by atoms with van der Waals surface area (Å²) in [5.74, 6) is -1.45. The van der Waals surface area contributed by atoms with Gasteiger partial charge in [0.15, 0.2) is 11.5 Å². The van der Waals surface area contributed by atoms with Gasteiger partial charge in [-0.05, 0) is 23.8 Å². The Kier molecular flexibility index (Phi) is 4.76. The zero-order valence-electron chi connectivity index (χ0n) is 13.1. The lowest BCUT2D eigenvalue weighted by Crippen LogP contribution is -2.29. The number of rotatable bonds is 3. The molecule has 25 heavy (non-hydrogen) atoms. The lowest BCUT2D eigenvalue weighted by molar-refractivity contribution is -0.195. The number of benzene rings is 2. The molecule has 128 valence electrons. The van der Waals surface area contributed by atoms with Crippen molar-refractivity contribution >= 4 is 33.9 Å². The van der Waals surface area contributed by atoms with E-state index in [1.54, 1.807) is 30.3 Å². The summed E-state index contributed by atoms with van der Waals surface area (Å²) < 4.78 is 15.9. The second-order valence-corrected chi connectivity index (χ2v) is 6.01. The van der Waals surface area contributed by atoms with Crippen LogP contribution >= 0.6 is 15.9 Å². The van der Waals surface area contributed by atoms with E-state index in [2.05, 4.69) is 15.9 Å². The van der Waals surface area contributed by atoms with Gasteiger partial charge in [0, 0.05) is 10.0 Å². The molecule has 0 radical (unpaired) electrons. The predicted octanol–water partition coefficient (Wildman–Crippen LogP) is 3.35. The van der Waals surface area contributed by atoms with Crippen LogP contribution in [0, 0.1) is 0 Å². The van der Waals surface area contributed by atoms with Gasteiger partial charge in [0.25, 0.3) is 6.29 Å². The van der Waals surface area contributed by atoms with E-state index in [0.29, 0.717) is 15.6 Å². The maximum Gasteiger partial charge on any atom is 0.348 e. The van der Waals surface area contributed by atoms with Crippen molar-refractivity contribution in [1.82, 2.24) is 0 Å². The number of halogens is 1. The summed E-state index contributed by atoms with van der Waals surface area (Å²) in [6, 6.07) is 11.6. The molecule has 0 unspecified atom stereocenters. The van der Waals surface area contributed by atoms with E-state index in [-0.39, 0.29) is 17.1 Å². The molecule has 1 saturated heterocycles. The zero-order chi connectivity index (χ0) is 18.0. The van der Waals surface area contributed by atoms with Crippen molar-refractivity contribution in [3.8, 4) is 11.5 Å². The topological polar surface area (TPSA) is 82.1 Å². The number of ether oxygens (including phenoxy) is 3. The minimum atomic E-state index is -1.07. The molecule has 3 rings (SSSR count). The lowest BCUT2D eigenvalue weighted by atomic mass is 10.1. The number of cyclic esters (lactones) is 2. The van der Waals surface area contributed by atoms with Crippen LogP contribution in [0.3, 0.4) is 0 Å². The number of carbonyl (C=O) groups is 2. The van der Waals surface area contributed by atoms with E-state index in [1.807, 2.05) is 0 Å². The highest BCUT2D eigenvalue weighted by atomic mass is 79.9. The Morgan fingerprint density at radius 2 is 1.76 bits per heavy atom. The Morgan fingerprint density at radius 3 is 2.36 bits per heavy atom. The average molecular weight is 405 g/mol. The van der Waals surface area contributed by atoms with Gasteiger partial charge >= 0.3 is 11.9 Å². The minimum Gasteiger partial charge on any atom is -0.504 e. The Balaban J connectivity index is 1.91. The lowest BCUT2D eigenvalue weighted by Gasteiger charge is -2.24. The molecule has 1 fully saturated rings. The van der Waals surface area contributed by atoms with Crippen LogP contribution in [-0.4, -0.2) is 24.2 Å². The highest BCUT2D eigenvalue weighted by Crippen LogP contribution is 2.34. The Bertz CT molecular complexity index is 839. The predicted molar refractivity (Wildman–Crippen MR) is 91.7 cm³/mol. The SMILES string of the molecule is COc1cc(C=C2C(=O)OC(c3ccccc3)OC2=O)c(Br)cc1O. The molecule has 0 aromatic heterocycles. The maximum absolute atomic E-state index is 12.2. The van der Waals surface area contributed by atoms with Gasteiger partial charge in [0.2, 0.25) is 0 Å². The van der Waals surface area contributed by atoms with Crippen LogP contribution in [0.4, 0.5) is 0 Å². The standard InChI is InChI=1S/C18H13BrO6/c1-23-15-8-11(13(19)9-14(15)20)7-12-16(21)24-18(25-17(12)22)10-5-3-2-4-6-10/h2-9,18,20H,1H3. The van der Waals surface area contributed by atoms with Gasteiger partial charge in [-0.1, -0.05) is 46.3 Å². The fourth-order valence-electron chi connectivity index (χ4n) is 2.28. The fraction of sp³-hybridized carbons (Fsp3) is 0.111. The van der Waals surface area contributed by atoms with Crippen LogP contribution in [0.15, 0.2) is 52.5 Å². The first-order valence-electron chi connectivity index (χ1n) is 7.24. The van der Waals surface area contributed by atoms with Gasteiger partial charge < -0.3 is 19.3 Å². The van der Waals surface area contributed by atoms with Crippen molar-refractivity contribution in [1.29, 1.82) is 0 Å². The third-order valence-electron chi connectivity index (χ3n) is 3.54. The molecule has 1 heterocycles. The zero-order valence-corrected chi connectivity index (χ0v) is 14.6. The van der Waals surface area contributed by atoms with Crippen LogP contribution in [0.1, 0.15) is 17.4 Å². The van der Waals surface area contributed by atoms with Gasteiger partial charge in [-0.15, -0.1) is 0 Å².